The van der Waals surface area contributed by atoms with Crippen LogP contribution in [0.4, 0.5) is 0 Å². The summed E-state index contributed by atoms with van der Waals surface area (Å²) in [4.78, 5) is 18.7. The molecule has 25 heavy (non-hydrogen) atoms. The fourth-order valence-electron chi connectivity index (χ4n) is 2.45. The van der Waals surface area contributed by atoms with Crippen LogP contribution in [0.3, 0.4) is 0 Å². The molecule has 2 atom stereocenters. The summed E-state index contributed by atoms with van der Waals surface area (Å²) in [6.45, 7) is 6.08. The van der Waals surface area contributed by atoms with E-state index < -0.39 is 11.7 Å². The molecule has 0 spiro atoms. The molecule has 3 N–H and O–H groups in total. The van der Waals surface area contributed by atoms with E-state index in [1.807, 2.05) is 36.6 Å². The molecular weight excluding hydrogens is 332 g/mol. The highest BCUT2D eigenvalue weighted by molar-refractivity contribution is 7.12. The van der Waals surface area contributed by atoms with Gasteiger partial charge in [-0.05, 0) is 30.5 Å². The van der Waals surface area contributed by atoms with Crippen molar-refractivity contribution in [3.63, 3.8) is 0 Å². The van der Waals surface area contributed by atoms with E-state index in [-0.39, 0.29) is 4.28 Å². The first kappa shape index (κ1) is 17.2. The van der Waals surface area contributed by atoms with E-state index in [1.54, 1.807) is 37.0 Å². The zero-order valence-corrected chi connectivity index (χ0v) is 15.0. The molecule has 0 saturated carbocycles. The van der Waals surface area contributed by atoms with Crippen LogP contribution in [-0.2, 0) is 0 Å². The minimum atomic E-state index is -0.798. The van der Waals surface area contributed by atoms with Gasteiger partial charge >= 0.3 is 0 Å². The van der Waals surface area contributed by atoms with Crippen LogP contribution in [0, 0.1) is 0 Å². The Morgan fingerprint density at radius 2 is 2.28 bits per heavy atom. The quantitative estimate of drug-likeness (QED) is 0.650. The van der Waals surface area contributed by atoms with Gasteiger partial charge in [-0.2, -0.15) is 0 Å². The minimum Gasteiger partial charge on any atom is -0.341 e. The number of aliphatic imine (C=N–C) groups is 3. The SMILES string of the molecule is C=C(NC(=NC)c1cccs1)C1(C)N=C(c2cccnc2)C=NC1N.[HH].[HH].[HH]. The van der Waals surface area contributed by atoms with Crippen LogP contribution in [0.15, 0.2) is 69.3 Å². The lowest BCUT2D eigenvalue weighted by Gasteiger charge is -2.34. The fraction of sp³-hybridized carbons (Fsp3) is 0.222. The lowest BCUT2D eigenvalue weighted by molar-refractivity contribution is 0.435. The van der Waals surface area contributed by atoms with Gasteiger partial charge in [0.15, 0.2) is 0 Å². The first-order valence-electron chi connectivity index (χ1n) is 7.80. The van der Waals surface area contributed by atoms with Gasteiger partial charge in [0.1, 0.15) is 17.5 Å². The van der Waals surface area contributed by atoms with Gasteiger partial charge in [-0.1, -0.05) is 12.6 Å². The summed E-state index contributed by atoms with van der Waals surface area (Å²) >= 11 is 1.60. The van der Waals surface area contributed by atoms with E-state index in [0.29, 0.717) is 5.70 Å². The Bertz CT molecular complexity index is 851. The number of pyridine rings is 1. The van der Waals surface area contributed by atoms with Crippen LogP contribution < -0.4 is 11.1 Å². The molecule has 0 amide bonds. The maximum absolute atomic E-state index is 6.23. The highest BCUT2D eigenvalue weighted by Crippen LogP contribution is 2.27. The van der Waals surface area contributed by atoms with E-state index in [4.69, 9.17) is 10.7 Å². The molecule has 2 aromatic rings. The highest BCUT2D eigenvalue weighted by Gasteiger charge is 2.37. The summed E-state index contributed by atoms with van der Waals surface area (Å²) in [5, 5.41) is 5.27. The molecule has 0 radical (unpaired) electrons. The van der Waals surface area contributed by atoms with Gasteiger partial charge in [0, 0.05) is 41.2 Å². The Kier molecular flexibility index (Phi) is 4.87. The Morgan fingerprint density at radius 1 is 1.44 bits per heavy atom. The number of hydrogen-bond acceptors (Lipinski definition) is 6. The molecule has 6 nitrogen and oxygen atoms in total. The van der Waals surface area contributed by atoms with Gasteiger partial charge in [-0.25, -0.2) is 0 Å². The Labute approximate surface area is 155 Å². The molecular formula is C18H26N6S. The molecule has 1 aliphatic rings. The number of thiophene rings is 1. The van der Waals surface area contributed by atoms with Crippen molar-refractivity contribution >= 4 is 29.1 Å². The predicted molar refractivity (Wildman–Crippen MR) is 111 cm³/mol. The van der Waals surface area contributed by atoms with E-state index in [1.165, 1.54) is 0 Å². The maximum atomic E-state index is 6.23. The molecule has 3 heterocycles. The molecule has 0 saturated heterocycles. The van der Waals surface area contributed by atoms with Gasteiger partial charge < -0.3 is 11.1 Å². The smallest absolute Gasteiger partial charge is 0.142 e. The summed E-state index contributed by atoms with van der Waals surface area (Å²) in [5.41, 5.74) is 7.70. The summed E-state index contributed by atoms with van der Waals surface area (Å²) in [5.74, 6) is 0.737. The monoisotopic (exact) mass is 358 g/mol. The summed E-state index contributed by atoms with van der Waals surface area (Å²) in [6.07, 6.45) is 4.63. The number of nitrogens with zero attached hydrogens (tertiary/aromatic N) is 4. The van der Waals surface area contributed by atoms with Gasteiger partial charge in [-0.3, -0.25) is 20.0 Å². The second kappa shape index (κ2) is 7.08. The largest absolute Gasteiger partial charge is 0.341 e. The third-order valence-corrected chi connectivity index (χ3v) is 4.98. The molecule has 0 fully saturated rings. The van der Waals surface area contributed by atoms with Gasteiger partial charge in [0.2, 0.25) is 0 Å². The van der Waals surface area contributed by atoms with Crippen LogP contribution in [0.25, 0.3) is 0 Å². The molecule has 0 bridgehead atoms. The topological polar surface area (TPSA) is 88.0 Å². The van der Waals surface area contributed by atoms with Crippen molar-refractivity contribution in [3.8, 4) is 0 Å². The Morgan fingerprint density at radius 3 is 2.92 bits per heavy atom. The Hall–Kier alpha value is -2.64. The second-order valence-electron chi connectivity index (χ2n) is 5.76. The molecule has 134 valence electrons. The van der Waals surface area contributed by atoms with Crippen molar-refractivity contribution in [1.29, 1.82) is 0 Å². The Balaban J connectivity index is 0.00000243. The molecule has 2 unspecified atom stereocenters. The highest BCUT2D eigenvalue weighted by atomic mass is 32.1. The maximum Gasteiger partial charge on any atom is 0.142 e. The lowest BCUT2D eigenvalue weighted by atomic mass is 9.93. The van der Waals surface area contributed by atoms with Crippen molar-refractivity contribution in [2.75, 3.05) is 7.05 Å². The van der Waals surface area contributed by atoms with Crippen molar-refractivity contribution in [1.82, 2.24) is 10.3 Å². The molecule has 0 aromatic carbocycles. The standard InChI is InChI=1S/C18H20N6S.3H2/c1-12(23-16(20-3)15-7-5-9-25-15)18(2)17(19)22-11-14(24-18)13-6-4-8-21-10-13;;;/h4-11,17H,1,19H2,2-3H3,(H,20,23);3*1H. The number of aromatic nitrogens is 1. The number of nitrogens with one attached hydrogen (secondary N) is 1. The van der Waals surface area contributed by atoms with Crippen LogP contribution in [0.1, 0.15) is 21.6 Å². The molecule has 2 aromatic heterocycles. The zero-order valence-electron chi connectivity index (χ0n) is 14.2. The van der Waals surface area contributed by atoms with Crippen LogP contribution in [0.5, 0.6) is 0 Å². The third-order valence-electron chi connectivity index (χ3n) is 4.10. The number of nitrogens with two attached hydrogens (primary N) is 1. The third kappa shape index (κ3) is 3.42. The van der Waals surface area contributed by atoms with Crippen LogP contribution in [0.2, 0.25) is 0 Å². The van der Waals surface area contributed by atoms with Crippen LogP contribution >= 0.6 is 11.3 Å². The van der Waals surface area contributed by atoms with Crippen LogP contribution in [-0.4, -0.2) is 41.5 Å². The summed E-state index contributed by atoms with van der Waals surface area (Å²) in [7, 11) is 1.74. The van der Waals surface area contributed by atoms with Gasteiger partial charge in [-0.15, -0.1) is 11.3 Å². The van der Waals surface area contributed by atoms with Crippen molar-refractivity contribution in [2.24, 2.45) is 20.7 Å². The number of rotatable bonds is 4. The molecule has 3 rings (SSSR count). The first-order chi connectivity index (χ1) is 12.0. The molecule has 0 aliphatic carbocycles. The van der Waals surface area contributed by atoms with Gasteiger partial charge in [0.25, 0.3) is 0 Å². The first-order valence-corrected chi connectivity index (χ1v) is 8.68. The lowest BCUT2D eigenvalue weighted by Crippen LogP contribution is -2.51. The fourth-order valence-corrected chi connectivity index (χ4v) is 3.17. The van der Waals surface area contributed by atoms with Gasteiger partial charge in [0.05, 0.1) is 10.6 Å². The van der Waals surface area contributed by atoms with E-state index >= 15 is 0 Å². The van der Waals surface area contributed by atoms with Crippen molar-refractivity contribution in [3.05, 3.63) is 64.8 Å². The number of hydrogen-bond donors (Lipinski definition) is 2. The normalized spacial score (nSPS) is 23.2. The molecule has 1 aliphatic heterocycles. The van der Waals surface area contributed by atoms with E-state index in [2.05, 4.69) is 26.9 Å². The summed E-state index contributed by atoms with van der Waals surface area (Å²) < 4.78 is 0. The minimum absolute atomic E-state index is 0. The average molecular weight is 359 g/mol. The van der Waals surface area contributed by atoms with Crippen molar-refractivity contribution < 1.29 is 4.28 Å². The van der Waals surface area contributed by atoms with E-state index in [0.717, 1.165) is 22.0 Å². The summed E-state index contributed by atoms with van der Waals surface area (Å²) in [6, 6.07) is 7.78. The van der Waals surface area contributed by atoms with Crippen molar-refractivity contribution in [2.45, 2.75) is 18.6 Å². The zero-order chi connectivity index (χ0) is 17.9. The second-order valence-corrected chi connectivity index (χ2v) is 6.71. The average Bonchev–Trinajstić information content (AvgIpc) is 3.17. The predicted octanol–water partition coefficient (Wildman–Crippen LogP) is 2.98. The molecule has 7 heteroatoms. The number of amidine groups is 1. The van der Waals surface area contributed by atoms with E-state index in [9.17, 15) is 0 Å².